The summed E-state index contributed by atoms with van der Waals surface area (Å²) in [6.07, 6.45) is 0.824. The number of carbonyl (C=O) groups excluding carboxylic acids is 3. The van der Waals surface area contributed by atoms with Crippen molar-refractivity contribution in [2.45, 2.75) is 25.2 Å². The van der Waals surface area contributed by atoms with Crippen molar-refractivity contribution in [1.29, 1.82) is 0 Å². The number of amides is 1. The van der Waals surface area contributed by atoms with Crippen LogP contribution in [0.3, 0.4) is 0 Å². The highest BCUT2D eigenvalue weighted by Crippen LogP contribution is 2.23. The molecule has 21 heavy (non-hydrogen) atoms. The van der Waals surface area contributed by atoms with E-state index in [1.54, 1.807) is 24.3 Å². The minimum atomic E-state index is -0.562. The average Bonchev–Trinajstić information content (AvgIpc) is 2.48. The molecule has 0 heterocycles. The number of ketones is 1. The van der Waals surface area contributed by atoms with Gasteiger partial charge in [-0.2, -0.15) is 0 Å². The third-order valence-electron chi connectivity index (χ3n) is 2.44. The van der Waals surface area contributed by atoms with E-state index < -0.39 is 5.97 Å². The Morgan fingerprint density at radius 2 is 1.95 bits per heavy atom. The van der Waals surface area contributed by atoms with Crippen LogP contribution < -0.4 is 5.32 Å². The first kappa shape index (κ1) is 17.2. The highest BCUT2D eigenvalue weighted by atomic mass is 32.2. The second kappa shape index (κ2) is 9.18. The highest BCUT2D eigenvalue weighted by molar-refractivity contribution is 8.00. The molecule has 1 aromatic rings. The SMILES string of the molecule is CCCNC(=O)COC(=O)c1ccccc1SCC(C)=O. The summed E-state index contributed by atoms with van der Waals surface area (Å²) in [4.78, 5) is 35.1. The fourth-order valence-corrected chi connectivity index (χ4v) is 2.31. The molecule has 0 unspecified atom stereocenters. The van der Waals surface area contributed by atoms with Crippen LogP contribution in [0.25, 0.3) is 0 Å². The van der Waals surface area contributed by atoms with Gasteiger partial charge in [-0.1, -0.05) is 19.1 Å². The fourth-order valence-electron chi connectivity index (χ4n) is 1.46. The number of esters is 1. The van der Waals surface area contributed by atoms with E-state index in [1.807, 2.05) is 6.92 Å². The zero-order valence-corrected chi connectivity index (χ0v) is 13.0. The van der Waals surface area contributed by atoms with Gasteiger partial charge in [0, 0.05) is 11.4 Å². The first-order valence-corrected chi connectivity index (χ1v) is 7.68. The summed E-state index contributed by atoms with van der Waals surface area (Å²) in [6.45, 7) is 3.69. The molecule has 5 nitrogen and oxygen atoms in total. The molecule has 0 atom stereocenters. The summed E-state index contributed by atoms with van der Waals surface area (Å²) in [5.41, 5.74) is 0.368. The first-order chi connectivity index (χ1) is 10.0. The van der Waals surface area contributed by atoms with E-state index in [2.05, 4.69) is 5.32 Å². The monoisotopic (exact) mass is 309 g/mol. The number of ether oxygens (including phenoxy) is 1. The number of thioether (sulfide) groups is 1. The second-order valence-electron chi connectivity index (χ2n) is 4.41. The van der Waals surface area contributed by atoms with Crippen LogP contribution in [0.15, 0.2) is 29.2 Å². The lowest BCUT2D eigenvalue weighted by atomic mass is 10.2. The maximum atomic E-state index is 12.0. The zero-order valence-electron chi connectivity index (χ0n) is 12.2. The Labute approximate surface area is 128 Å². The molecular formula is C15H19NO4S. The van der Waals surface area contributed by atoms with Crippen molar-refractivity contribution < 1.29 is 19.1 Å². The predicted molar refractivity (Wildman–Crippen MR) is 81.4 cm³/mol. The van der Waals surface area contributed by atoms with Crippen molar-refractivity contribution in [2.75, 3.05) is 18.9 Å². The van der Waals surface area contributed by atoms with Gasteiger partial charge in [-0.25, -0.2) is 4.79 Å². The molecule has 0 aliphatic carbocycles. The summed E-state index contributed by atoms with van der Waals surface area (Å²) >= 11 is 1.28. The lowest BCUT2D eigenvalue weighted by Crippen LogP contribution is -2.29. The van der Waals surface area contributed by atoms with Gasteiger partial charge in [-0.05, 0) is 25.5 Å². The Hall–Kier alpha value is -1.82. The average molecular weight is 309 g/mol. The molecular weight excluding hydrogens is 290 g/mol. The van der Waals surface area contributed by atoms with E-state index in [0.717, 1.165) is 6.42 Å². The van der Waals surface area contributed by atoms with Gasteiger partial charge < -0.3 is 10.1 Å². The fraction of sp³-hybridized carbons (Fsp3) is 0.400. The van der Waals surface area contributed by atoms with Gasteiger partial charge in [0.05, 0.1) is 11.3 Å². The number of hydrogen-bond acceptors (Lipinski definition) is 5. The number of hydrogen-bond donors (Lipinski definition) is 1. The number of nitrogens with one attached hydrogen (secondary N) is 1. The van der Waals surface area contributed by atoms with E-state index in [9.17, 15) is 14.4 Å². The smallest absolute Gasteiger partial charge is 0.339 e. The second-order valence-corrected chi connectivity index (χ2v) is 5.43. The van der Waals surface area contributed by atoms with Gasteiger partial charge in [-0.3, -0.25) is 9.59 Å². The molecule has 0 aliphatic rings. The van der Waals surface area contributed by atoms with Gasteiger partial charge in [-0.15, -0.1) is 11.8 Å². The normalized spacial score (nSPS) is 10.0. The Morgan fingerprint density at radius 3 is 2.62 bits per heavy atom. The van der Waals surface area contributed by atoms with Crippen LogP contribution in [-0.2, 0) is 14.3 Å². The molecule has 1 N–H and O–H groups in total. The van der Waals surface area contributed by atoms with Crippen LogP contribution >= 0.6 is 11.8 Å². The molecule has 0 aliphatic heterocycles. The van der Waals surface area contributed by atoms with Crippen LogP contribution in [0.2, 0.25) is 0 Å². The van der Waals surface area contributed by atoms with E-state index >= 15 is 0 Å². The topological polar surface area (TPSA) is 72.5 Å². The van der Waals surface area contributed by atoms with Crippen LogP contribution in [-0.4, -0.2) is 36.6 Å². The predicted octanol–water partition coefficient (Wildman–Crippen LogP) is 2.05. The van der Waals surface area contributed by atoms with Crippen molar-refractivity contribution >= 4 is 29.4 Å². The van der Waals surface area contributed by atoms with Crippen molar-refractivity contribution in [3.63, 3.8) is 0 Å². The van der Waals surface area contributed by atoms with E-state index in [4.69, 9.17) is 4.74 Å². The molecule has 0 bridgehead atoms. The number of rotatable bonds is 8. The van der Waals surface area contributed by atoms with Crippen molar-refractivity contribution in [3.05, 3.63) is 29.8 Å². The summed E-state index contributed by atoms with van der Waals surface area (Å²) in [7, 11) is 0. The van der Waals surface area contributed by atoms with Gasteiger partial charge in [0.15, 0.2) is 6.61 Å². The lowest BCUT2D eigenvalue weighted by molar-refractivity contribution is -0.124. The Morgan fingerprint density at radius 1 is 1.24 bits per heavy atom. The molecule has 114 valence electrons. The van der Waals surface area contributed by atoms with Crippen LogP contribution in [0.5, 0.6) is 0 Å². The van der Waals surface area contributed by atoms with Gasteiger partial charge in [0.25, 0.3) is 5.91 Å². The molecule has 1 aromatic carbocycles. The molecule has 1 rings (SSSR count). The standard InChI is InChI=1S/C15H19NO4S/c1-3-8-16-14(18)9-20-15(19)12-6-4-5-7-13(12)21-10-11(2)17/h4-7H,3,8-10H2,1-2H3,(H,16,18). The molecule has 0 saturated heterocycles. The van der Waals surface area contributed by atoms with E-state index in [-0.39, 0.29) is 18.3 Å². The van der Waals surface area contributed by atoms with Gasteiger partial charge >= 0.3 is 5.97 Å². The van der Waals surface area contributed by atoms with Crippen molar-refractivity contribution in [1.82, 2.24) is 5.32 Å². The quantitative estimate of drug-likeness (QED) is 0.588. The van der Waals surface area contributed by atoms with Gasteiger partial charge in [0.2, 0.25) is 0 Å². The number of benzene rings is 1. The number of carbonyl (C=O) groups is 3. The van der Waals surface area contributed by atoms with Crippen LogP contribution in [0.4, 0.5) is 0 Å². The summed E-state index contributed by atoms with van der Waals surface area (Å²) in [6, 6.07) is 6.87. The van der Waals surface area contributed by atoms with Gasteiger partial charge in [0.1, 0.15) is 5.78 Å². The van der Waals surface area contributed by atoms with Crippen LogP contribution in [0.1, 0.15) is 30.6 Å². The third-order valence-corrected chi connectivity index (χ3v) is 3.66. The summed E-state index contributed by atoms with van der Waals surface area (Å²) in [5.74, 6) is -0.559. The molecule has 0 saturated carbocycles. The molecule has 0 fully saturated rings. The molecule has 0 radical (unpaired) electrons. The minimum Gasteiger partial charge on any atom is -0.452 e. The van der Waals surface area contributed by atoms with Crippen molar-refractivity contribution in [3.8, 4) is 0 Å². The maximum absolute atomic E-state index is 12.0. The number of Topliss-reactive ketones (excluding diaryl/α,β-unsaturated/α-hetero) is 1. The Balaban J connectivity index is 2.61. The van der Waals surface area contributed by atoms with Crippen molar-refractivity contribution in [2.24, 2.45) is 0 Å². The van der Waals surface area contributed by atoms with E-state index in [0.29, 0.717) is 22.8 Å². The Kier molecular flexibility index (Phi) is 7.53. The molecule has 0 spiro atoms. The first-order valence-electron chi connectivity index (χ1n) is 6.69. The molecule has 1 amide bonds. The molecule has 6 heteroatoms. The summed E-state index contributed by atoms with van der Waals surface area (Å²) in [5, 5.41) is 2.63. The summed E-state index contributed by atoms with van der Waals surface area (Å²) < 4.78 is 4.99. The zero-order chi connectivity index (χ0) is 15.7. The van der Waals surface area contributed by atoms with E-state index in [1.165, 1.54) is 18.7 Å². The maximum Gasteiger partial charge on any atom is 0.339 e. The Bertz CT molecular complexity index is 516. The largest absolute Gasteiger partial charge is 0.452 e. The molecule has 0 aromatic heterocycles. The third kappa shape index (κ3) is 6.44. The van der Waals surface area contributed by atoms with Crippen LogP contribution in [0, 0.1) is 0 Å². The minimum absolute atomic E-state index is 0.0297. The lowest BCUT2D eigenvalue weighted by Gasteiger charge is -2.09. The highest BCUT2D eigenvalue weighted by Gasteiger charge is 2.14.